The second-order valence-electron chi connectivity index (χ2n) is 7.17. The molecule has 154 valence electrons. The van der Waals surface area contributed by atoms with Crippen LogP contribution in [0, 0.1) is 5.92 Å². The normalized spacial score (nSPS) is 16.6. The van der Waals surface area contributed by atoms with Crippen molar-refractivity contribution in [2.45, 2.75) is 32.7 Å². The molecule has 3 amide bonds. The van der Waals surface area contributed by atoms with Crippen LogP contribution in [0.1, 0.15) is 30.9 Å². The summed E-state index contributed by atoms with van der Waals surface area (Å²) in [5.41, 5.74) is 2.85. The molecule has 1 saturated heterocycles. The molecule has 0 aromatic heterocycles. The first-order valence-corrected chi connectivity index (χ1v) is 10.6. The number of hydrogen-bond donors (Lipinski definition) is 2. The molecule has 0 spiro atoms. The molecule has 5 nitrogen and oxygen atoms in total. The third-order valence-electron chi connectivity index (χ3n) is 5.12. The maximum atomic E-state index is 12.6. The highest BCUT2D eigenvalue weighted by atomic mass is 35.5. The average Bonchev–Trinajstić information content (AvgIpc) is 2.70. The van der Waals surface area contributed by atoms with Crippen LogP contribution >= 0.6 is 23.2 Å². The van der Waals surface area contributed by atoms with Gasteiger partial charge in [-0.1, -0.05) is 53.5 Å². The molecule has 1 atom stereocenters. The molecule has 29 heavy (non-hydrogen) atoms. The molecule has 1 heterocycles. The Labute approximate surface area is 181 Å². The highest BCUT2D eigenvalue weighted by molar-refractivity contribution is 6.39. The number of hydrogen-bond acceptors (Lipinski definition) is 2. The molecule has 2 aromatic carbocycles. The first-order chi connectivity index (χ1) is 14.0. The Bertz CT molecular complexity index is 868. The van der Waals surface area contributed by atoms with Crippen molar-refractivity contribution in [3.63, 3.8) is 0 Å². The van der Waals surface area contributed by atoms with Crippen LogP contribution in [0.2, 0.25) is 10.0 Å². The summed E-state index contributed by atoms with van der Waals surface area (Å²) >= 11 is 12.7. The Morgan fingerprint density at radius 2 is 1.76 bits per heavy atom. The lowest BCUT2D eigenvalue weighted by molar-refractivity contribution is -0.120. The average molecular weight is 434 g/mol. The maximum absolute atomic E-state index is 12.6. The number of nitrogens with one attached hydrogen (secondary N) is 2. The van der Waals surface area contributed by atoms with E-state index in [1.54, 1.807) is 23.1 Å². The fraction of sp³-hybridized carbons (Fsp3) is 0.364. The van der Waals surface area contributed by atoms with Gasteiger partial charge in [0.2, 0.25) is 5.91 Å². The second kappa shape index (κ2) is 9.99. The lowest BCUT2D eigenvalue weighted by Gasteiger charge is -2.34. The van der Waals surface area contributed by atoms with Crippen molar-refractivity contribution in [3.8, 4) is 0 Å². The minimum atomic E-state index is -0.176. The first kappa shape index (κ1) is 21.5. The van der Waals surface area contributed by atoms with Gasteiger partial charge in [-0.2, -0.15) is 0 Å². The van der Waals surface area contributed by atoms with Crippen LogP contribution < -0.4 is 15.5 Å². The van der Waals surface area contributed by atoms with Crippen molar-refractivity contribution in [3.05, 3.63) is 63.6 Å². The van der Waals surface area contributed by atoms with Gasteiger partial charge in [-0.25, -0.2) is 4.79 Å². The van der Waals surface area contributed by atoms with Crippen molar-refractivity contribution >= 4 is 40.8 Å². The summed E-state index contributed by atoms with van der Waals surface area (Å²) in [6.07, 6.45) is 2.10. The van der Waals surface area contributed by atoms with Gasteiger partial charge in [-0.3, -0.25) is 4.79 Å². The van der Waals surface area contributed by atoms with E-state index in [0.29, 0.717) is 41.8 Å². The minimum Gasteiger partial charge on any atom is -0.338 e. The smallest absolute Gasteiger partial charge is 0.315 e. The molecule has 3 rings (SSSR count). The zero-order valence-corrected chi connectivity index (χ0v) is 17.9. The molecule has 0 bridgehead atoms. The zero-order valence-electron chi connectivity index (χ0n) is 16.4. The van der Waals surface area contributed by atoms with E-state index in [0.717, 1.165) is 18.4 Å². The summed E-state index contributed by atoms with van der Waals surface area (Å²) in [6, 6.07) is 13.2. The molecule has 1 aliphatic heterocycles. The summed E-state index contributed by atoms with van der Waals surface area (Å²) in [5.74, 6) is 0.327. The molecule has 0 radical (unpaired) electrons. The monoisotopic (exact) mass is 433 g/mol. The van der Waals surface area contributed by atoms with Crippen LogP contribution in [0.5, 0.6) is 0 Å². The summed E-state index contributed by atoms with van der Waals surface area (Å²) in [7, 11) is 0. The molecular weight excluding hydrogens is 409 g/mol. The number of halogens is 2. The minimum absolute atomic E-state index is 0.0439. The Kier molecular flexibility index (Phi) is 7.40. The van der Waals surface area contributed by atoms with E-state index in [-0.39, 0.29) is 17.9 Å². The molecular formula is C22H25Cl2N3O2. The molecule has 0 saturated carbocycles. The largest absolute Gasteiger partial charge is 0.338 e. The van der Waals surface area contributed by atoms with Crippen molar-refractivity contribution in [2.24, 2.45) is 5.92 Å². The number of benzene rings is 2. The van der Waals surface area contributed by atoms with E-state index >= 15 is 0 Å². The quantitative estimate of drug-likeness (QED) is 0.686. The topological polar surface area (TPSA) is 61.4 Å². The van der Waals surface area contributed by atoms with Gasteiger partial charge in [-0.15, -0.1) is 0 Å². The summed E-state index contributed by atoms with van der Waals surface area (Å²) in [5, 5.41) is 6.59. The van der Waals surface area contributed by atoms with Crippen molar-refractivity contribution in [1.29, 1.82) is 0 Å². The standard InChI is InChI=1S/C22H25Cl2N3O2/c1-2-25-22(29)26-13-17-7-4-3-6-16(17)12-15-10-11-20(28)27(14-15)21-18(23)8-5-9-19(21)24/h3-9,15H,2,10-14H2,1H3,(H2,25,26,29). The van der Waals surface area contributed by atoms with Crippen molar-refractivity contribution in [1.82, 2.24) is 10.6 Å². The van der Waals surface area contributed by atoms with E-state index in [4.69, 9.17) is 23.2 Å². The number of rotatable bonds is 6. The third-order valence-corrected chi connectivity index (χ3v) is 5.73. The summed E-state index contributed by atoms with van der Waals surface area (Å²) < 4.78 is 0. The van der Waals surface area contributed by atoms with Gasteiger partial charge in [0.15, 0.2) is 0 Å². The van der Waals surface area contributed by atoms with Crippen LogP contribution in [0.15, 0.2) is 42.5 Å². The fourth-order valence-corrected chi connectivity index (χ4v) is 4.28. The lowest BCUT2D eigenvalue weighted by Crippen LogP contribution is -2.41. The Hall–Kier alpha value is -2.24. The molecule has 0 aliphatic carbocycles. The van der Waals surface area contributed by atoms with E-state index in [2.05, 4.69) is 16.7 Å². The van der Waals surface area contributed by atoms with Crippen LogP contribution in [-0.4, -0.2) is 25.0 Å². The number of urea groups is 1. The molecule has 1 aliphatic rings. The van der Waals surface area contributed by atoms with E-state index in [1.165, 1.54) is 5.56 Å². The number of nitrogens with zero attached hydrogens (tertiary/aromatic N) is 1. The zero-order chi connectivity index (χ0) is 20.8. The van der Waals surface area contributed by atoms with Gasteiger partial charge in [0, 0.05) is 26.1 Å². The van der Waals surface area contributed by atoms with E-state index in [1.807, 2.05) is 25.1 Å². The Morgan fingerprint density at radius 1 is 1.07 bits per heavy atom. The number of anilines is 1. The number of carbonyl (C=O) groups excluding carboxylic acids is 2. The van der Waals surface area contributed by atoms with E-state index < -0.39 is 0 Å². The Balaban J connectivity index is 1.73. The summed E-state index contributed by atoms with van der Waals surface area (Å²) in [4.78, 5) is 26.0. The maximum Gasteiger partial charge on any atom is 0.315 e. The van der Waals surface area contributed by atoms with Crippen LogP contribution in [0.25, 0.3) is 0 Å². The number of para-hydroxylation sites is 1. The first-order valence-electron chi connectivity index (χ1n) is 9.82. The second-order valence-corrected chi connectivity index (χ2v) is 7.98. The summed E-state index contributed by atoms with van der Waals surface area (Å²) in [6.45, 7) is 3.51. The third kappa shape index (κ3) is 5.43. The van der Waals surface area contributed by atoms with Gasteiger partial charge in [0.05, 0.1) is 15.7 Å². The fourth-order valence-electron chi connectivity index (χ4n) is 3.68. The molecule has 1 unspecified atom stereocenters. The predicted octanol–water partition coefficient (Wildman–Crippen LogP) is 4.80. The molecule has 1 fully saturated rings. The van der Waals surface area contributed by atoms with Crippen molar-refractivity contribution < 1.29 is 9.59 Å². The van der Waals surface area contributed by atoms with Crippen molar-refractivity contribution in [2.75, 3.05) is 18.0 Å². The molecule has 7 heteroatoms. The Morgan fingerprint density at radius 3 is 2.45 bits per heavy atom. The van der Waals surface area contributed by atoms with Gasteiger partial charge in [-0.05, 0) is 48.9 Å². The van der Waals surface area contributed by atoms with E-state index in [9.17, 15) is 9.59 Å². The highest BCUT2D eigenvalue weighted by Gasteiger charge is 2.29. The van der Waals surface area contributed by atoms with Gasteiger partial charge in [0.1, 0.15) is 0 Å². The van der Waals surface area contributed by atoms with Gasteiger partial charge < -0.3 is 15.5 Å². The number of piperidine rings is 1. The van der Waals surface area contributed by atoms with Crippen LogP contribution in [0.3, 0.4) is 0 Å². The molecule has 2 N–H and O–H groups in total. The van der Waals surface area contributed by atoms with Crippen LogP contribution in [0.4, 0.5) is 10.5 Å². The molecule has 2 aromatic rings. The number of amides is 3. The number of carbonyl (C=O) groups is 2. The van der Waals surface area contributed by atoms with Crippen LogP contribution in [-0.2, 0) is 17.8 Å². The van der Waals surface area contributed by atoms with Gasteiger partial charge >= 0.3 is 6.03 Å². The lowest BCUT2D eigenvalue weighted by atomic mass is 9.89. The SMILES string of the molecule is CCNC(=O)NCc1ccccc1CC1CCC(=O)N(c2c(Cl)cccc2Cl)C1. The van der Waals surface area contributed by atoms with Gasteiger partial charge in [0.25, 0.3) is 0 Å². The predicted molar refractivity (Wildman–Crippen MR) is 118 cm³/mol. The highest BCUT2D eigenvalue weighted by Crippen LogP contribution is 2.37.